The van der Waals surface area contributed by atoms with Gasteiger partial charge >= 0.3 is 0 Å². The Morgan fingerprint density at radius 2 is 2.05 bits per heavy atom. The largest absolute Gasteiger partial charge is 0.355 e. The molecule has 5 heteroatoms. The van der Waals surface area contributed by atoms with Crippen LogP contribution in [0.5, 0.6) is 0 Å². The number of carbonyl (C=O) groups is 1. The molecule has 1 aromatic heterocycles. The number of nitrogens with one attached hydrogen (secondary N) is 1. The lowest BCUT2D eigenvalue weighted by Gasteiger charge is -2.05. The van der Waals surface area contributed by atoms with Crippen LogP contribution in [0.3, 0.4) is 0 Å². The van der Waals surface area contributed by atoms with Crippen LogP contribution < -0.4 is 5.32 Å². The standard InChI is InChI=1S/C16H14BrN3O/c1-18-16(21)11-5-3-4-10(8-11)15-19-13-9-12(17)6-7-14(13)20(15)2/h3-9H,1-2H3,(H,18,21). The van der Waals surface area contributed by atoms with E-state index in [2.05, 4.69) is 26.2 Å². The Kier molecular flexibility index (Phi) is 3.51. The first kappa shape index (κ1) is 13.8. The van der Waals surface area contributed by atoms with Crippen molar-refractivity contribution in [2.45, 2.75) is 0 Å². The molecule has 3 aromatic rings. The molecule has 0 bridgehead atoms. The van der Waals surface area contributed by atoms with Gasteiger partial charge in [-0.05, 0) is 30.3 Å². The molecule has 0 saturated carbocycles. The lowest BCUT2D eigenvalue weighted by Crippen LogP contribution is -2.17. The first-order valence-corrected chi connectivity index (χ1v) is 7.34. The summed E-state index contributed by atoms with van der Waals surface area (Å²) in [5.74, 6) is 0.743. The van der Waals surface area contributed by atoms with Crippen molar-refractivity contribution in [2.75, 3.05) is 7.05 Å². The summed E-state index contributed by atoms with van der Waals surface area (Å²) in [6.45, 7) is 0. The van der Waals surface area contributed by atoms with Crippen LogP contribution in [-0.4, -0.2) is 22.5 Å². The third kappa shape index (κ3) is 2.45. The van der Waals surface area contributed by atoms with Gasteiger partial charge in [0.05, 0.1) is 11.0 Å². The lowest BCUT2D eigenvalue weighted by molar-refractivity contribution is 0.0963. The number of aromatic nitrogens is 2. The highest BCUT2D eigenvalue weighted by molar-refractivity contribution is 9.10. The number of hydrogen-bond donors (Lipinski definition) is 1. The minimum absolute atomic E-state index is 0.0987. The average Bonchev–Trinajstić information content (AvgIpc) is 2.83. The number of halogens is 1. The van der Waals surface area contributed by atoms with Gasteiger partial charge in [0.2, 0.25) is 0 Å². The van der Waals surface area contributed by atoms with Crippen molar-refractivity contribution in [3.63, 3.8) is 0 Å². The number of aryl methyl sites for hydroxylation is 1. The topological polar surface area (TPSA) is 46.9 Å². The van der Waals surface area contributed by atoms with Gasteiger partial charge in [-0.25, -0.2) is 4.98 Å². The predicted molar refractivity (Wildman–Crippen MR) is 87.2 cm³/mol. The Morgan fingerprint density at radius 3 is 2.81 bits per heavy atom. The van der Waals surface area contributed by atoms with Gasteiger partial charge in [-0.2, -0.15) is 0 Å². The van der Waals surface area contributed by atoms with E-state index in [-0.39, 0.29) is 5.91 Å². The molecule has 1 N–H and O–H groups in total. The second kappa shape index (κ2) is 5.33. The molecule has 3 rings (SSSR count). The van der Waals surface area contributed by atoms with Crippen LogP contribution in [0.2, 0.25) is 0 Å². The van der Waals surface area contributed by atoms with E-state index in [1.54, 1.807) is 13.1 Å². The van der Waals surface area contributed by atoms with Crippen molar-refractivity contribution < 1.29 is 4.79 Å². The number of fused-ring (bicyclic) bond motifs is 1. The third-order valence-electron chi connectivity index (χ3n) is 3.45. The predicted octanol–water partition coefficient (Wildman–Crippen LogP) is 3.36. The number of imidazole rings is 1. The molecule has 0 saturated heterocycles. The highest BCUT2D eigenvalue weighted by Crippen LogP contribution is 2.26. The smallest absolute Gasteiger partial charge is 0.251 e. The van der Waals surface area contributed by atoms with Crippen molar-refractivity contribution in [3.8, 4) is 11.4 Å². The Bertz CT molecular complexity index is 839. The molecule has 4 nitrogen and oxygen atoms in total. The summed E-state index contributed by atoms with van der Waals surface area (Å²) >= 11 is 3.46. The summed E-state index contributed by atoms with van der Waals surface area (Å²) in [4.78, 5) is 16.4. The van der Waals surface area contributed by atoms with Crippen molar-refractivity contribution in [3.05, 3.63) is 52.5 Å². The monoisotopic (exact) mass is 343 g/mol. The summed E-state index contributed by atoms with van der Waals surface area (Å²) < 4.78 is 3.03. The molecule has 0 aliphatic rings. The third-order valence-corrected chi connectivity index (χ3v) is 3.95. The SMILES string of the molecule is CNC(=O)c1cccc(-c2nc3cc(Br)ccc3n2C)c1. The quantitative estimate of drug-likeness (QED) is 0.775. The summed E-state index contributed by atoms with van der Waals surface area (Å²) in [7, 11) is 3.60. The molecular weight excluding hydrogens is 330 g/mol. The van der Waals surface area contributed by atoms with Crippen molar-refractivity contribution >= 4 is 32.9 Å². The van der Waals surface area contributed by atoms with Crippen LogP contribution in [0.4, 0.5) is 0 Å². The second-order valence-corrected chi connectivity index (χ2v) is 5.70. The van der Waals surface area contributed by atoms with Crippen LogP contribution >= 0.6 is 15.9 Å². The van der Waals surface area contributed by atoms with Gasteiger partial charge in [0.25, 0.3) is 5.91 Å². The number of hydrogen-bond acceptors (Lipinski definition) is 2. The number of benzene rings is 2. The van der Waals surface area contributed by atoms with Gasteiger partial charge < -0.3 is 9.88 Å². The summed E-state index contributed by atoms with van der Waals surface area (Å²) in [5, 5.41) is 2.64. The van der Waals surface area contributed by atoms with Crippen LogP contribution in [-0.2, 0) is 7.05 Å². The molecule has 1 heterocycles. The average molecular weight is 344 g/mol. The van der Waals surface area contributed by atoms with Crippen LogP contribution in [0.1, 0.15) is 10.4 Å². The van der Waals surface area contributed by atoms with Gasteiger partial charge in [0, 0.05) is 29.7 Å². The maximum absolute atomic E-state index is 11.8. The summed E-state index contributed by atoms with van der Waals surface area (Å²) in [6, 6.07) is 13.5. The molecule has 0 unspecified atom stereocenters. The zero-order chi connectivity index (χ0) is 15.0. The zero-order valence-electron chi connectivity index (χ0n) is 11.7. The van der Waals surface area contributed by atoms with Gasteiger partial charge in [-0.1, -0.05) is 28.1 Å². The summed E-state index contributed by atoms with van der Waals surface area (Å²) in [6.07, 6.45) is 0. The van der Waals surface area contributed by atoms with E-state index in [1.807, 2.05) is 48.0 Å². The molecule has 1 amide bonds. The summed E-state index contributed by atoms with van der Waals surface area (Å²) in [5.41, 5.74) is 3.53. The van der Waals surface area contributed by atoms with Crippen molar-refractivity contribution in [1.82, 2.24) is 14.9 Å². The molecule has 0 atom stereocenters. The highest BCUT2D eigenvalue weighted by Gasteiger charge is 2.12. The first-order chi connectivity index (χ1) is 10.1. The number of nitrogens with zero attached hydrogens (tertiary/aromatic N) is 2. The van der Waals surface area contributed by atoms with Crippen molar-refractivity contribution in [2.24, 2.45) is 7.05 Å². The van der Waals surface area contributed by atoms with E-state index in [1.165, 1.54) is 0 Å². The maximum atomic E-state index is 11.8. The van der Waals surface area contributed by atoms with Crippen molar-refractivity contribution in [1.29, 1.82) is 0 Å². The Balaban J connectivity index is 2.16. The number of rotatable bonds is 2. The Morgan fingerprint density at radius 1 is 1.24 bits per heavy atom. The normalized spacial score (nSPS) is 10.8. The van der Waals surface area contributed by atoms with E-state index in [4.69, 9.17) is 0 Å². The van der Waals surface area contributed by atoms with Gasteiger partial charge in [-0.15, -0.1) is 0 Å². The zero-order valence-corrected chi connectivity index (χ0v) is 13.3. The maximum Gasteiger partial charge on any atom is 0.251 e. The van der Waals surface area contributed by atoms with E-state index in [0.29, 0.717) is 5.56 Å². The fourth-order valence-electron chi connectivity index (χ4n) is 2.38. The van der Waals surface area contributed by atoms with Gasteiger partial charge in [0.1, 0.15) is 5.82 Å². The Labute approximate surface area is 130 Å². The van der Waals surface area contributed by atoms with Crippen LogP contribution in [0, 0.1) is 0 Å². The van der Waals surface area contributed by atoms with Crippen LogP contribution in [0.15, 0.2) is 46.9 Å². The van der Waals surface area contributed by atoms with E-state index >= 15 is 0 Å². The van der Waals surface area contributed by atoms with E-state index in [9.17, 15) is 4.79 Å². The lowest BCUT2D eigenvalue weighted by atomic mass is 10.1. The van der Waals surface area contributed by atoms with E-state index < -0.39 is 0 Å². The fourth-order valence-corrected chi connectivity index (χ4v) is 2.72. The molecule has 0 aliphatic carbocycles. The Hall–Kier alpha value is -2.14. The minimum atomic E-state index is -0.0987. The number of carbonyl (C=O) groups excluding carboxylic acids is 1. The highest BCUT2D eigenvalue weighted by atomic mass is 79.9. The molecule has 0 radical (unpaired) electrons. The molecule has 2 aromatic carbocycles. The van der Waals surface area contributed by atoms with E-state index in [0.717, 1.165) is 26.9 Å². The minimum Gasteiger partial charge on any atom is -0.355 e. The molecule has 21 heavy (non-hydrogen) atoms. The molecule has 0 fully saturated rings. The van der Waals surface area contributed by atoms with Crippen LogP contribution in [0.25, 0.3) is 22.4 Å². The number of amides is 1. The molecule has 0 spiro atoms. The second-order valence-electron chi connectivity index (χ2n) is 4.79. The van der Waals surface area contributed by atoms with Gasteiger partial charge in [-0.3, -0.25) is 4.79 Å². The molecule has 106 valence electrons. The fraction of sp³-hybridized carbons (Fsp3) is 0.125. The molecule has 0 aliphatic heterocycles. The van der Waals surface area contributed by atoms with Gasteiger partial charge in [0.15, 0.2) is 0 Å². The first-order valence-electron chi connectivity index (χ1n) is 6.54. The molecular formula is C16H14BrN3O.